The van der Waals surface area contributed by atoms with Crippen molar-refractivity contribution in [2.24, 2.45) is 0 Å². The Morgan fingerprint density at radius 3 is 2.75 bits per heavy atom. The maximum absolute atomic E-state index is 10.3. The monoisotopic (exact) mass is 171 g/mol. The predicted octanol–water partition coefficient (Wildman–Crippen LogP) is 0.535. The lowest BCUT2D eigenvalue weighted by Gasteiger charge is -1.97. The highest BCUT2D eigenvalue weighted by atomic mass is 17.2. The molecule has 0 amide bonds. The molecule has 5 nitrogen and oxygen atoms in total. The minimum Gasteiger partial charge on any atom is -0.434 e. The van der Waals surface area contributed by atoms with E-state index >= 15 is 0 Å². The fourth-order valence-electron chi connectivity index (χ4n) is 0.369. The Bertz CT molecular complexity index is 216. The first-order chi connectivity index (χ1) is 5.70. The van der Waals surface area contributed by atoms with Gasteiger partial charge in [0.2, 0.25) is 0 Å². The van der Waals surface area contributed by atoms with Crippen LogP contribution >= 0.6 is 0 Å². The van der Waals surface area contributed by atoms with E-state index in [9.17, 15) is 4.79 Å². The number of carbonyl (C=O) groups excluding carboxylic acids is 1. The first-order valence-electron chi connectivity index (χ1n) is 3.12. The zero-order valence-corrected chi connectivity index (χ0v) is 6.86. The molecular weight excluding hydrogens is 162 g/mol. The Morgan fingerprint density at radius 2 is 2.33 bits per heavy atom. The Hall–Kier alpha value is -1.38. The van der Waals surface area contributed by atoms with E-state index in [0.717, 1.165) is 6.26 Å². The molecule has 0 saturated carbocycles. The van der Waals surface area contributed by atoms with Crippen molar-refractivity contribution in [3.05, 3.63) is 11.8 Å². The van der Waals surface area contributed by atoms with Crippen LogP contribution in [0.25, 0.3) is 0 Å². The zero-order valence-electron chi connectivity index (χ0n) is 6.86. The van der Waals surface area contributed by atoms with Gasteiger partial charge in [0.15, 0.2) is 0 Å². The van der Waals surface area contributed by atoms with E-state index in [0.29, 0.717) is 0 Å². The average Bonchev–Trinajstić information content (AvgIpc) is 2.05. The molecule has 0 fully saturated rings. The Kier molecular flexibility index (Phi) is 5.61. The molecule has 0 aromatic heterocycles. The maximum Gasteiger partial charge on any atom is 0.307 e. The molecule has 12 heavy (non-hydrogen) atoms. The van der Waals surface area contributed by atoms with E-state index in [2.05, 4.69) is 14.5 Å². The molecule has 0 atom stereocenters. The number of hydrogen-bond donors (Lipinski definition) is 0. The second-order valence-electron chi connectivity index (χ2n) is 1.79. The van der Waals surface area contributed by atoms with Crippen LogP contribution < -0.4 is 0 Å². The van der Waals surface area contributed by atoms with Gasteiger partial charge in [0.25, 0.3) is 0 Å². The first kappa shape index (κ1) is 10.6. The van der Waals surface area contributed by atoms with Gasteiger partial charge < -0.3 is 4.74 Å². The van der Waals surface area contributed by atoms with Gasteiger partial charge >= 0.3 is 5.97 Å². The van der Waals surface area contributed by atoms with Crippen molar-refractivity contribution in [1.29, 1.82) is 5.26 Å². The second-order valence-corrected chi connectivity index (χ2v) is 1.79. The first-order valence-corrected chi connectivity index (χ1v) is 3.12. The van der Waals surface area contributed by atoms with Gasteiger partial charge in [0.05, 0.1) is 12.7 Å². The highest BCUT2D eigenvalue weighted by molar-refractivity contribution is 5.66. The molecule has 0 aliphatic heterocycles. The number of nitriles is 1. The zero-order chi connectivity index (χ0) is 9.40. The summed E-state index contributed by atoms with van der Waals surface area (Å²) in [6.45, 7) is 1.20. The summed E-state index contributed by atoms with van der Waals surface area (Å²) in [5, 5.41) is 8.42. The molecule has 66 valence electrons. The molecule has 0 aromatic carbocycles. The third-order valence-corrected chi connectivity index (χ3v) is 0.843. The standard InChI is InChI=1S/C7H9NO4/c1-6(9)11-4-7(3-8)5-12-10-2/h4H,5H2,1-2H3/b7-4+. The van der Waals surface area contributed by atoms with Gasteiger partial charge in [-0.05, 0) is 0 Å². The molecule has 0 N–H and O–H groups in total. The van der Waals surface area contributed by atoms with Crippen LogP contribution in [0.5, 0.6) is 0 Å². The van der Waals surface area contributed by atoms with Gasteiger partial charge in [0, 0.05) is 6.92 Å². The van der Waals surface area contributed by atoms with Crippen LogP contribution in [0.3, 0.4) is 0 Å². The molecule has 0 aliphatic carbocycles. The summed E-state index contributed by atoms with van der Waals surface area (Å²) in [6, 6.07) is 1.77. The molecule has 0 unspecified atom stereocenters. The van der Waals surface area contributed by atoms with Crippen LogP contribution in [0, 0.1) is 11.3 Å². The molecule has 0 spiro atoms. The Labute approximate surface area is 70.1 Å². The number of esters is 1. The van der Waals surface area contributed by atoms with Gasteiger partial charge in [0.1, 0.15) is 18.9 Å². The lowest BCUT2D eigenvalue weighted by Crippen LogP contribution is -1.98. The highest BCUT2D eigenvalue weighted by Crippen LogP contribution is 1.94. The van der Waals surface area contributed by atoms with E-state index in [1.807, 2.05) is 0 Å². The van der Waals surface area contributed by atoms with Crippen LogP contribution in [0.4, 0.5) is 0 Å². The molecular formula is C7H9NO4. The van der Waals surface area contributed by atoms with Crippen molar-refractivity contribution in [1.82, 2.24) is 0 Å². The molecule has 0 saturated heterocycles. The van der Waals surface area contributed by atoms with Crippen molar-refractivity contribution in [2.45, 2.75) is 6.92 Å². The number of rotatable bonds is 4. The van der Waals surface area contributed by atoms with Gasteiger partial charge in [-0.1, -0.05) is 0 Å². The van der Waals surface area contributed by atoms with Crippen LogP contribution in [-0.2, 0) is 19.3 Å². The van der Waals surface area contributed by atoms with Crippen LogP contribution in [0.2, 0.25) is 0 Å². The van der Waals surface area contributed by atoms with Crippen LogP contribution in [-0.4, -0.2) is 19.7 Å². The van der Waals surface area contributed by atoms with E-state index in [-0.39, 0.29) is 12.2 Å². The van der Waals surface area contributed by atoms with Gasteiger partial charge in [-0.15, -0.1) is 0 Å². The van der Waals surface area contributed by atoms with E-state index in [1.165, 1.54) is 14.0 Å². The second kappa shape index (κ2) is 6.34. The van der Waals surface area contributed by atoms with Crippen molar-refractivity contribution in [3.8, 4) is 6.07 Å². The number of nitrogens with zero attached hydrogens (tertiary/aromatic N) is 1. The average molecular weight is 171 g/mol. The van der Waals surface area contributed by atoms with Crippen molar-refractivity contribution in [3.63, 3.8) is 0 Å². The summed E-state index contributed by atoms with van der Waals surface area (Å²) in [5.74, 6) is -0.486. The van der Waals surface area contributed by atoms with E-state index in [4.69, 9.17) is 5.26 Å². The highest BCUT2D eigenvalue weighted by Gasteiger charge is 1.97. The van der Waals surface area contributed by atoms with Crippen molar-refractivity contribution in [2.75, 3.05) is 13.7 Å². The summed E-state index contributed by atoms with van der Waals surface area (Å²) >= 11 is 0. The minimum atomic E-state index is -0.486. The fourth-order valence-corrected chi connectivity index (χ4v) is 0.369. The Balaban J connectivity index is 3.89. The molecule has 5 heteroatoms. The van der Waals surface area contributed by atoms with Crippen molar-refractivity contribution < 1.29 is 19.3 Å². The summed E-state index contributed by atoms with van der Waals surface area (Å²) in [5.41, 5.74) is 0.173. The number of ether oxygens (including phenoxy) is 1. The largest absolute Gasteiger partial charge is 0.434 e. The molecule has 0 bridgehead atoms. The summed E-state index contributed by atoms with van der Waals surface area (Å²) < 4.78 is 4.43. The van der Waals surface area contributed by atoms with Crippen molar-refractivity contribution >= 4 is 5.97 Å². The van der Waals surface area contributed by atoms with Gasteiger partial charge in [-0.2, -0.15) is 5.26 Å². The molecule has 0 heterocycles. The van der Waals surface area contributed by atoms with Gasteiger partial charge in [-0.25, -0.2) is 9.78 Å². The van der Waals surface area contributed by atoms with Crippen LogP contribution in [0.15, 0.2) is 11.8 Å². The van der Waals surface area contributed by atoms with E-state index in [1.54, 1.807) is 6.07 Å². The summed E-state index contributed by atoms with van der Waals surface area (Å²) in [4.78, 5) is 19.0. The minimum absolute atomic E-state index is 0.0414. The lowest BCUT2D eigenvalue weighted by molar-refractivity contribution is -0.264. The normalized spacial score (nSPS) is 10.6. The molecule has 0 radical (unpaired) electrons. The Morgan fingerprint density at radius 1 is 1.67 bits per heavy atom. The lowest BCUT2D eigenvalue weighted by atomic mass is 10.4. The molecule has 0 aromatic rings. The van der Waals surface area contributed by atoms with Gasteiger partial charge in [-0.3, -0.25) is 4.79 Å². The SMILES string of the molecule is COOC/C(C#N)=C/OC(C)=O. The topological polar surface area (TPSA) is 68.6 Å². The number of hydrogen-bond acceptors (Lipinski definition) is 5. The summed E-state index contributed by atoms with van der Waals surface area (Å²) in [7, 11) is 1.32. The quantitative estimate of drug-likeness (QED) is 0.203. The smallest absolute Gasteiger partial charge is 0.307 e. The number of carbonyl (C=O) groups is 1. The maximum atomic E-state index is 10.3. The van der Waals surface area contributed by atoms with Crippen LogP contribution in [0.1, 0.15) is 6.92 Å². The molecule has 0 rings (SSSR count). The summed E-state index contributed by atoms with van der Waals surface area (Å²) in [6.07, 6.45) is 1.03. The third-order valence-electron chi connectivity index (χ3n) is 0.843. The fraction of sp³-hybridized carbons (Fsp3) is 0.429. The van der Waals surface area contributed by atoms with E-state index < -0.39 is 5.97 Å². The third kappa shape index (κ3) is 5.41. The predicted molar refractivity (Wildman–Crippen MR) is 38.4 cm³/mol. The molecule has 0 aliphatic rings.